The minimum atomic E-state index is -0.677. The number of halogens is 1. The number of carbonyl (C=O) groups is 1. The highest BCUT2D eigenvalue weighted by Crippen LogP contribution is 2.33. The molecule has 39 heavy (non-hydrogen) atoms. The molecule has 0 aromatic carbocycles. The monoisotopic (exact) mass is 562 g/mol. The maximum absolute atomic E-state index is 13.4. The van der Waals surface area contributed by atoms with Crippen LogP contribution in [0.2, 0.25) is 4.34 Å². The summed E-state index contributed by atoms with van der Waals surface area (Å²) in [6.07, 6.45) is 9.04. The highest BCUT2D eigenvalue weighted by Gasteiger charge is 2.27. The minimum Gasteiger partial charge on any atom is -0.365 e. The first-order chi connectivity index (χ1) is 18.7. The first kappa shape index (κ1) is 26.6. The topological polar surface area (TPSA) is 108 Å². The Bertz CT molecular complexity index is 1650. The molecule has 5 aromatic rings. The van der Waals surface area contributed by atoms with Crippen LogP contribution in [-0.4, -0.2) is 30.4 Å². The van der Waals surface area contributed by atoms with Gasteiger partial charge in [-0.1, -0.05) is 43.6 Å². The molecule has 0 aliphatic heterocycles. The number of nitrogens with one attached hydrogen (secondary N) is 1. The fourth-order valence-corrected chi connectivity index (χ4v) is 5.07. The van der Waals surface area contributed by atoms with Crippen molar-refractivity contribution in [3.05, 3.63) is 92.6 Å². The summed E-state index contributed by atoms with van der Waals surface area (Å²) in [5.41, 5.74) is 2.75. The Hall–Kier alpha value is -4.02. The average Bonchev–Trinajstić information content (AvgIpc) is 3.67. The average molecular weight is 563 g/mol. The number of nitrogens with zero attached hydrogens (tertiary/aromatic N) is 5. The summed E-state index contributed by atoms with van der Waals surface area (Å²) in [6.45, 7) is 6.45. The van der Waals surface area contributed by atoms with Crippen LogP contribution in [0, 0.1) is 5.41 Å². The molecule has 0 amide bonds. The summed E-state index contributed by atoms with van der Waals surface area (Å²) in [6, 6.07) is 10.9. The largest absolute Gasteiger partial charge is 0.365 e. The van der Waals surface area contributed by atoms with Gasteiger partial charge >= 0.3 is 0 Å². The molecule has 200 valence electrons. The first-order valence-corrected chi connectivity index (χ1v) is 13.5. The molecule has 0 saturated heterocycles. The molecule has 0 atom stereocenters. The van der Waals surface area contributed by atoms with Gasteiger partial charge in [0.1, 0.15) is 12.1 Å². The Morgan fingerprint density at radius 1 is 1.15 bits per heavy atom. The van der Waals surface area contributed by atoms with Crippen LogP contribution >= 0.6 is 22.9 Å². The van der Waals surface area contributed by atoms with E-state index in [0.29, 0.717) is 40.9 Å². The molecule has 5 aromatic heterocycles. The number of aryl methyl sites for hydroxylation is 2. The molecule has 0 fully saturated rings. The zero-order chi connectivity index (χ0) is 27.6. The van der Waals surface area contributed by atoms with Crippen LogP contribution in [0.15, 0.2) is 76.8 Å². The van der Waals surface area contributed by atoms with Crippen molar-refractivity contribution in [3.8, 4) is 22.4 Å². The van der Waals surface area contributed by atoms with E-state index in [1.807, 2.05) is 51.2 Å². The number of hydrogen-bond donors (Lipinski definition) is 1. The molecule has 11 heteroatoms. The van der Waals surface area contributed by atoms with Gasteiger partial charge in [-0.25, -0.2) is 0 Å². The quantitative estimate of drug-likeness (QED) is 0.246. The summed E-state index contributed by atoms with van der Waals surface area (Å²) in [5.74, 6) is 0.355. The van der Waals surface area contributed by atoms with E-state index < -0.39 is 5.41 Å². The summed E-state index contributed by atoms with van der Waals surface area (Å²) in [7, 11) is 0. The van der Waals surface area contributed by atoms with Crippen molar-refractivity contribution in [3.63, 3.8) is 0 Å². The molecule has 9 nitrogen and oxygen atoms in total. The van der Waals surface area contributed by atoms with Gasteiger partial charge in [-0.3, -0.25) is 14.6 Å². The molecule has 0 unspecified atom stereocenters. The van der Waals surface area contributed by atoms with Gasteiger partial charge in [0.25, 0.3) is 11.5 Å². The van der Waals surface area contributed by atoms with E-state index >= 15 is 0 Å². The summed E-state index contributed by atoms with van der Waals surface area (Å²) in [4.78, 5) is 31.9. The highest BCUT2D eigenvalue weighted by molar-refractivity contribution is 7.16. The number of rotatable bonds is 8. The Balaban J connectivity index is 1.58. The van der Waals surface area contributed by atoms with Crippen molar-refractivity contribution in [2.75, 3.05) is 5.32 Å². The molecule has 0 aliphatic carbocycles. The van der Waals surface area contributed by atoms with E-state index in [1.165, 1.54) is 16.0 Å². The zero-order valence-electron chi connectivity index (χ0n) is 21.7. The van der Waals surface area contributed by atoms with E-state index in [9.17, 15) is 9.59 Å². The number of pyridine rings is 2. The standard InChI is InChI=1S/C28H27ClN6O3S/c1-28(2,3)27(37)35-25(31-15-20-6-7-24(29)39-20)12-23(33-35)21-11-26(36)34(10-8-18-13-32-38-17-18)16-22(21)19-5-4-9-30-14-19/h4-7,9,11-14,16-17,31H,8,10,15H2,1-3H3. The molecule has 0 saturated carbocycles. The number of carbonyl (C=O) groups excluding carboxylic acids is 1. The molecular formula is C28H27ClN6O3S. The predicted molar refractivity (Wildman–Crippen MR) is 152 cm³/mol. The van der Waals surface area contributed by atoms with Gasteiger partial charge in [0, 0.05) is 69.8 Å². The van der Waals surface area contributed by atoms with Crippen LogP contribution in [-0.2, 0) is 19.5 Å². The second-order valence-corrected chi connectivity index (χ2v) is 11.9. The summed E-state index contributed by atoms with van der Waals surface area (Å²) < 4.78 is 8.64. The van der Waals surface area contributed by atoms with E-state index in [1.54, 1.807) is 41.6 Å². The van der Waals surface area contributed by atoms with Crippen LogP contribution < -0.4 is 10.9 Å². The Morgan fingerprint density at radius 3 is 2.67 bits per heavy atom. The van der Waals surface area contributed by atoms with Crippen LogP contribution in [0.5, 0.6) is 0 Å². The van der Waals surface area contributed by atoms with E-state index in [-0.39, 0.29) is 11.5 Å². The fourth-order valence-electron chi connectivity index (χ4n) is 4.05. The van der Waals surface area contributed by atoms with Crippen molar-refractivity contribution < 1.29 is 9.32 Å². The fraction of sp³-hybridized carbons (Fsp3) is 0.250. The van der Waals surface area contributed by atoms with E-state index in [4.69, 9.17) is 21.2 Å². The van der Waals surface area contributed by atoms with Crippen LogP contribution in [0.4, 0.5) is 5.82 Å². The minimum absolute atomic E-state index is 0.176. The first-order valence-electron chi connectivity index (χ1n) is 12.4. The molecule has 0 radical (unpaired) electrons. The van der Waals surface area contributed by atoms with Crippen LogP contribution in [0.25, 0.3) is 22.4 Å². The van der Waals surface area contributed by atoms with Gasteiger partial charge < -0.3 is 14.4 Å². The maximum atomic E-state index is 13.4. The van der Waals surface area contributed by atoms with Gasteiger partial charge in [-0.2, -0.15) is 9.78 Å². The van der Waals surface area contributed by atoms with Gasteiger partial charge in [-0.05, 0) is 24.6 Å². The maximum Gasteiger partial charge on any atom is 0.254 e. The summed E-state index contributed by atoms with van der Waals surface area (Å²) >= 11 is 7.56. The lowest BCUT2D eigenvalue weighted by molar-refractivity contribution is 0.0752. The molecule has 1 N–H and O–H groups in total. The van der Waals surface area contributed by atoms with Gasteiger partial charge in [0.05, 0.1) is 22.8 Å². The Morgan fingerprint density at radius 2 is 2.00 bits per heavy atom. The van der Waals surface area contributed by atoms with E-state index in [2.05, 4.69) is 15.5 Å². The third-order valence-corrected chi connectivity index (χ3v) is 7.35. The molecule has 0 aliphatic rings. The van der Waals surface area contributed by atoms with Crippen molar-refractivity contribution in [2.24, 2.45) is 5.41 Å². The van der Waals surface area contributed by atoms with Crippen molar-refractivity contribution >= 4 is 34.7 Å². The third kappa shape index (κ3) is 6.02. The SMILES string of the molecule is CC(C)(C)C(=O)n1nc(-c2cc(=O)n(CCc3cnoc3)cc2-c2cccnc2)cc1NCc1ccc(Cl)s1. The Labute approximate surface area is 234 Å². The lowest BCUT2D eigenvalue weighted by atomic mass is 9.96. The van der Waals surface area contributed by atoms with Crippen molar-refractivity contribution in [1.82, 2.24) is 24.5 Å². The van der Waals surface area contributed by atoms with Crippen LogP contribution in [0.3, 0.4) is 0 Å². The zero-order valence-corrected chi connectivity index (χ0v) is 23.3. The second-order valence-electron chi connectivity index (χ2n) is 10.1. The molecule has 0 spiro atoms. The number of anilines is 1. The number of thiophene rings is 1. The second kappa shape index (κ2) is 11.0. The van der Waals surface area contributed by atoms with Crippen molar-refractivity contribution in [2.45, 2.75) is 40.3 Å². The van der Waals surface area contributed by atoms with Crippen molar-refractivity contribution in [1.29, 1.82) is 0 Å². The molecule has 5 rings (SSSR count). The van der Waals surface area contributed by atoms with Gasteiger partial charge in [-0.15, -0.1) is 11.3 Å². The smallest absolute Gasteiger partial charge is 0.254 e. The summed E-state index contributed by atoms with van der Waals surface area (Å²) in [5, 5.41) is 11.8. The highest BCUT2D eigenvalue weighted by atomic mass is 35.5. The molecular weight excluding hydrogens is 536 g/mol. The third-order valence-electron chi connectivity index (χ3n) is 6.12. The Kier molecular flexibility index (Phi) is 7.49. The number of hydrogen-bond acceptors (Lipinski definition) is 8. The van der Waals surface area contributed by atoms with Gasteiger partial charge in [0.15, 0.2) is 0 Å². The lowest BCUT2D eigenvalue weighted by Gasteiger charge is -2.18. The van der Waals surface area contributed by atoms with E-state index in [0.717, 1.165) is 21.6 Å². The molecule has 5 heterocycles. The van der Waals surface area contributed by atoms with Crippen LogP contribution in [0.1, 0.15) is 36.0 Å². The van der Waals surface area contributed by atoms with Gasteiger partial charge in [0.2, 0.25) is 0 Å². The number of aromatic nitrogens is 5. The molecule has 0 bridgehead atoms. The normalized spacial score (nSPS) is 11.6. The lowest BCUT2D eigenvalue weighted by Crippen LogP contribution is -2.28. The predicted octanol–water partition coefficient (Wildman–Crippen LogP) is 6.02.